The fraction of sp³-hybridized carbons (Fsp3) is 0.625. The molecule has 0 unspecified atom stereocenters. The van der Waals surface area contributed by atoms with Gasteiger partial charge in [-0.3, -0.25) is 4.90 Å². The van der Waals surface area contributed by atoms with Gasteiger partial charge in [0.25, 0.3) is 0 Å². The van der Waals surface area contributed by atoms with E-state index in [1.807, 2.05) is 12.1 Å². The summed E-state index contributed by atoms with van der Waals surface area (Å²) in [6.07, 6.45) is 3.85. The van der Waals surface area contributed by atoms with Gasteiger partial charge in [0.2, 0.25) is 0 Å². The number of phenols is 1. The molecule has 1 atom stereocenters. The summed E-state index contributed by atoms with van der Waals surface area (Å²) >= 11 is 0. The van der Waals surface area contributed by atoms with Crippen LogP contribution < -0.4 is 11.1 Å². The fourth-order valence-electron chi connectivity index (χ4n) is 3.53. The van der Waals surface area contributed by atoms with Crippen molar-refractivity contribution in [2.75, 3.05) is 31.9 Å². The molecule has 0 aromatic heterocycles. The van der Waals surface area contributed by atoms with Crippen LogP contribution in [0.5, 0.6) is 5.75 Å². The van der Waals surface area contributed by atoms with Gasteiger partial charge in [0, 0.05) is 37.8 Å². The SMILES string of the molecule is Cc1ccc(N)c(O)c1[C@H](C1CCC1)N1CCNCC1.Cl.Cl. The molecule has 1 aliphatic carbocycles. The molecule has 4 nitrogen and oxygen atoms in total. The molecule has 22 heavy (non-hydrogen) atoms. The summed E-state index contributed by atoms with van der Waals surface area (Å²) in [7, 11) is 0. The highest BCUT2D eigenvalue weighted by atomic mass is 35.5. The summed E-state index contributed by atoms with van der Waals surface area (Å²) in [5, 5.41) is 13.9. The van der Waals surface area contributed by atoms with E-state index in [1.165, 1.54) is 19.3 Å². The second-order valence-electron chi connectivity index (χ2n) is 6.16. The van der Waals surface area contributed by atoms with E-state index in [0.29, 0.717) is 23.4 Å². The number of aryl methyl sites for hydroxylation is 1. The van der Waals surface area contributed by atoms with Gasteiger partial charge in [0.05, 0.1) is 5.69 Å². The maximum Gasteiger partial charge on any atom is 0.143 e. The molecule has 1 aromatic rings. The number of benzene rings is 1. The van der Waals surface area contributed by atoms with Crippen molar-refractivity contribution in [3.05, 3.63) is 23.3 Å². The summed E-state index contributed by atoms with van der Waals surface area (Å²) < 4.78 is 0. The third kappa shape index (κ3) is 3.62. The van der Waals surface area contributed by atoms with Crippen molar-refractivity contribution in [1.82, 2.24) is 10.2 Å². The zero-order chi connectivity index (χ0) is 14.1. The predicted molar refractivity (Wildman–Crippen MR) is 96.3 cm³/mol. The summed E-state index contributed by atoms with van der Waals surface area (Å²) in [4.78, 5) is 2.53. The first-order chi connectivity index (χ1) is 9.68. The number of hydrogen-bond donors (Lipinski definition) is 3. The molecule has 0 amide bonds. The maximum atomic E-state index is 10.5. The Morgan fingerprint density at radius 1 is 1.23 bits per heavy atom. The average Bonchev–Trinajstić information content (AvgIpc) is 2.41. The van der Waals surface area contributed by atoms with Crippen molar-refractivity contribution in [3.8, 4) is 5.75 Å². The Morgan fingerprint density at radius 3 is 2.41 bits per heavy atom. The summed E-state index contributed by atoms with van der Waals surface area (Å²) in [6.45, 7) is 6.25. The minimum atomic E-state index is 0. The molecular weight excluding hydrogens is 321 g/mol. The van der Waals surface area contributed by atoms with Crippen molar-refractivity contribution in [3.63, 3.8) is 0 Å². The van der Waals surface area contributed by atoms with Crippen LogP contribution in [0.1, 0.15) is 36.4 Å². The highest BCUT2D eigenvalue weighted by Gasteiger charge is 2.36. The van der Waals surface area contributed by atoms with Crippen LogP contribution in [0.15, 0.2) is 12.1 Å². The van der Waals surface area contributed by atoms with E-state index < -0.39 is 0 Å². The molecule has 0 bridgehead atoms. The smallest absolute Gasteiger partial charge is 0.143 e. The normalized spacial score (nSPS) is 20.4. The molecule has 4 N–H and O–H groups in total. The largest absolute Gasteiger partial charge is 0.505 e. The summed E-state index contributed by atoms with van der Waals surface area (Å²) in [5.41, 5.74) is 8.67. The minimum absolute atomic E-state index is 0. The number of hydrogen-bond acceptors (Lipinski definition) is 4. The number of halogens is 2. The highest BCUT2D eigenvalue weighted by molar-refractivity contribution is 5.85. The molecule has 126 valence electrons. The fourth-order valence-corrected chi connectivity index (χ4v) is 3.53. The van der Waals surface area contributed by atoms with E-state index >= 15 is 0 Å². The Balaban J connectivity index is 0.00000121. The van der Waals surface area contributed by atoms with Crippen molar-refractivity contribution >= 4 is 30.5 Å². The van der Waals surface area contributed by atoms with Crippen LogP contribution in [0.4, 0.5) is 5.69 Å². The number of phenolic OH excluding ortho intramolecular Hbond substituents is 1. The van der Waals surface area contributed by atoms with E-state index in [2.05, 4.69) is 17.1 Å². The van der Waals surface area contributed by atoms with Gasteiger partial charge in [-0.25, -0.2) is 0 Å². The lowest BCUT2D eigenvalue weighted by Crippen LogP contribution is -2.48. The van der Waals surface area contributed by atoms with Gasteiger partial charge >= 0.3 is 0 Å². The van der Waals surface area contributed by atoms with Crippen LogP contribution in [0.25, 0.3) is 0 Å². The molecule has 1 saturated carbocycles. The van der Waals surface area contributed by atoms with Gasteiger partial charge in [-0.2, -0.15) is 0 Å². The Bertz CT molecular complexity index is 489. The Labute approximate surface area is 145 Å². The van der Waals surface area contributed by atoms with Gasteiger partial charge in [-0.05, 0) is 37.3 Å². The van der Waals surface area contributed by atoms with Crippen LogP contribution in [0.2, 0.25) is 0 Å². The van der Waals surface area contributed by atoms with Crippen molar-refractivity contribution in [2.24, 2.45) is 5.92 Å². The first kappa shape index (κ1) is 19.4. The Morgan fingerprint density at radius 2 is 1.86 bits per heavy atom. The van der Waals surface area contributed by atoms with E-state index in [1.54, 1.807) is 0 Å². The maximum absolute atomic E-state index is 10.5. The number of rotatable bonds is 3. The molecule has 6 heteroatoms. The van der Waals surface area contributed by atoms with E-state index in [0.717, 1.165) is 37.3 Å². The number of nitrogens with two attached hydrogens (primary N) is 1. The van der Waals surface area contributed by atoms with E-state index in [-0.39, 0.29) is 24.8 Å². The minimum Gasteiger partial charge on any atom is -0.505 e. The van der Waals surface area contributed by atoms with Gasteiger partial charge in [-0.1, -0.05) is 12.5 Å². The molecule has 1 heterocycles. The van der Waals surface area contributed by atoms with Gasteiger partial charge in [-0.15, -0.1) is 24.8 Å². The zero-order valence-corrected chi connectivity index (χ0v) is 14.7. The number of piperazine rings is 1. The Hall–Kier alpha value is -0.680. The summed E-state index contributed by atoms with van der Waals surface area (Å²) in [6, 6.07) is 4.18. The third-order valence-corrected chi connectivity index (χ3v) is 4.90. The van der Waals surface area contributed by atoms with Crippen LogP contribution in [-0.2, 0) is 0 Å². The first-order valence-electron chi connectivity index (χ1n) is 7.71. The molecule has 2 aliphatic rings. The molecule has 0 radical (unpaired) electrons. The van der Waals surface area contributed by atoms with Crippen molar-refractivity contribution < 1.29 is 5.11 Å². The van der Waals surface area contributed by atoms with Crippen molar-refractivity contribution in [2.45, 2.75) is 32.2 Å². The molecule has 1 saturated heterocycles. The number of nitrogens with one attached hydrogen (secondary N) is 1. The first-order valence-corrected chi connectivity index (χ1v) is 7.71. The molecule has 3 rings (SSSR count). The van der Waals surface area contributed by atoms with Gasteiger partial charge in [0.1, 0.15) is 5.75 Å². The molecule has 2 fully saturated rings. The van der Waals surface area contributed by atoms with E-state index in [4.69, 9.17) is 5.73 Å². The predicted octanol–water partition coefficient (Wildman–Crippen LogP) is 2.87. The number of nitrogens with zero attached hydrogens (tertiary/aromatic N) is 1. The number of aromatic hydroxyl groups is 1. The van der Waals surface area contributed by atoms with E-state index in [9.17, 15) is 5.11 Å². The van der Waals surface area contributed by atoms with Crippen LogP contribution in [-0.4, -0.2) is 36.2 Å². The molecular formula is C16H27Cl2N3O. The van der Waals surface area contributed by atoms with Crippen LogP contribution >= 0.6 is 24.8 Å². The second kappa shape index (κ2) is 8.25. The molecule has 1 aromatic carbocycles. The lowest BCUT2D eigenvalue weighted by Gasteiger charge is -2.44. The second-order valence-corrected chi connectivity index (χ2v) is 6.16. The quantitative estimate of drug-likeness (QED) is 0.581. The third-order valence-electron chi connectivity index (χ3n) is 4.90. The lowest BCUT2D eigenvalue weighted by atomic mass is 9.75. The lowest BCUT2D eigenvalue weighted by molar-refractivity contribution is 0.0816. The van der Waals surface area contributed by atoms with Gasteiger partial charge in [0.15, 0.2) is 0 Å². The van der Waals surface area contributed by atoms with Gasteiger partial charge < -0.3 is 16.2 Å². The standard InChI is InChI=1S/C16H25N3O.2ClH/c1-11-5-6-13(17)16(20)14(11)15(12-3-2-4-12)19-9-7-18-8-10-19;;/h5-6,12,15,18,20H,2-4,7-10,17H2,1H3;2*1H/t15-;;/m0../s1. The zero-order valence-electron chi connectivity index (χ0n) is 13.0. The molecule has 0 spiro atoms. The Kier molecular flexibility index (Phi) is 7.26. The highest BCUT2D eigenvalue weighted by Crippen LogP contribution is 2.46. The monoisotopic (exact) mass is 347 g/mol. The van der Waals surface area contributed by atoms with Crippen LogP contribution in [0.3, 0.4) is 0 Å². The number of nitrogen functional groups attached to an aromatic ring is 1. The average molecular weight is 348 g/mol. The topological polar surface area (TPSA) is 61.5 Å². The number of anilines is 1. The molecule has 1 aliphatic heterocycles. The van der Waals surface area contributed by atoms with Crippen LogP contribution in [0, 0.1) is 12.8 Å². The summed E-state index contributed by atoms with van der Waals surface area (Å²) in [5.74, 6) is 0.972. The van der Waals surface area contributed by atoms with Crippen molar-refractivity contribution in [1.29, 1.82) is 0 Å².